The highest BCUT2D eigenvalue weighted by molar-refractivity contribution is 6.21. The summed E-state index contributed by atoms with van der Waals surface area (Å²) in [5.41, 5.74) is 3.73. The molecule has 3 atom stereocenters. The lowest BCUT2D eigenvalue weighted by Gasteiger charge is -2.35. The van der Waals surface area contributed by atoms with Gasteiger partial charge in [-0.15, -0.1) is 0 Å². The van der Waals surface area contributed by atoms with Crippen molar-refractivity contribution in [1.29, 1.82) is 0 Å². The van der Waals surface area contributed by atoms with Gasteiger partial charge in [-0.1, -0.05) is 60.7 Å². The monoisotopic (exact) mass is 451 g/mol. The summed E-state index contributed by atoms with van der Waals surface area (Å²) >= 11 is 0. The van der Waals surface area contributed by atoms with Gasteiger partial charge in [0.2, 0.25) is 0 Å². The number of azo groups is 1. The molecule has 0 aromatic heterocycles. The summed E-state index contributed by atoms with van der Waals surface area (Å²) in [4.78, 5) is 15.9. The topological polar surface area (TPSA) is 54.3 Å². The third kappa shape index (κ3) is 5.15. The van der Waals surface area contributed by atoms with Crippen molar-refractivity contribution in [3.63, 3.8) is 0 Å². The molecule has 0 radical (unpaired) electrons. The van der Waals surface area contributed by atoms with E-state index in [4.69, 9.17) is 4.74 Å². The van der Waals surface area contributed by atoms with Crippen LogP contribution in [0.3, 0.4) is 0 Å². The molecule has 2 aliphatic rings. The smallest absolute Gasteiger partial charge is 0.339 e. The minimum Gasteiger partial charge on any atom is -0.459 e. The summed E-state index contributed by atoms with van der Waals surface area (Å²) < 4.78 is 6.09. The summed E-state index contributed by atoms with van der Waals surface area (Å²) in [5, 5.41) is 8.69. The Labute approximate surface area is 200 Å². The summed E-state index contributed by atoms with van der Waals surface area (Å²) in [6, 6.07) is 28.1. The van der Waals surface area contributed by atoms with Gasteiger partial charge in [0.05, 0.1) is 16.9 Å². The van der Waals surface area contributed by atoms with E-state index >= 15 is 0 Å². The van der Waals surface area contributed by atoms with Crippen molar-refractivity contribution in [3.8, 4) is 0 Å². The number of esters is 1. The number of hydrogen-bond acceptors (Lipinski definition) is 5. The standard InChI is InChI=1S/C29H29N3O2/c1-32-25-15-16-26(32)20-27(19-25)34-29(33)28(17-21-9-4-2-5-10-21)22-11-8-14-24(18-22)31-30-23-12-6-3-7-13-23/h2-14,17-18,25-27H,15-16,19-20H2,1H3/b28-17+,31-30?/t25-,26+,27?. The maximum Gasteiger partial charge on any atom is 0.339 e. The lowest BCUT2D eigenvalue weighted by Crippen LogP contribution is -2.43. The highest BCUT2D eigenvalue weighted by Crippen LogP contribution is 2.36. The molecule has 0 N–H and O–H groups in total. The van der Waals surface area contributed by atoms with Gasteiger partial charge in [-0.3, -0.25) is 0 Å². The molecule has 2 heterocycles. The molecule has 2 fully saturated rings. The third-order valence-electron chi connectivity index (χ3n) is 6.85. The zero-order chi connectivity index (χ0) is 23.3. The average Bonchev–Trinajstić information content (AvgIpc) is 3.07. The first-order valence-electron chi connectivity index (χ1n) is 11.9. The minimum atomic E-state index is -0.282. The van der Waals surface area contributed by atoms with Crippen LogP contribution in [0.5, 0.6) is 0 Å². The number of piperidine rings is 1. The van der Waals surface area contributed by atoms with Gasteiger partial charge in [0.25, 0.3) is 0 Å². The molecule has 5 heteroatoms. The molecule has 5 nitrogen and oxygen atoms in total. The Morgan fingerprint density at radius 2 is 1.47 bits per heavy atom. The second-order valence-electron chi connectivity index (χ2n) is 9.10. The number of rotatable bonds is 6. The van der Waals surface area contributed by atoms with Crippen molar-refractivity contribution in [2.75, 3.05) is 7.05 Å². The number of fused-ring (bicyclic) bond motifs is 2. The first-order chi connectivity index (χ1) is 16.7. The predicted octanol–water partition coefficient (Wildman–Crippen LogP) is 6.81. The van der Waals surface area contributed by atoms with Crippen LogP contribution in [0.1, 0.15) is 36.8 Å². The van der Waals surface area contributed by atoms with Gasteiger partial charge in [-0.25, -0.2) is 4.79 Å². The van der Waals surface area contributed by atoms with Gasteiger partial charge in [-0.2, -0.15) is 10.2 Å². The van der Waals surface area contributed by atoms with Gasteiger partial charge in [0.15, 0.2) is 0 Å². The van der Waals surface area contributed by atoms with Crippen molar-refractivity contribution < 1.29 is 9.53 Å². The Balaban J connectivity index is 1.41. The van der Waals surface area contributed by atoms with E-state index in [2.05, 4.69) is 22.2 Å². The van der Waals surface area contributed by atoms with Gasteiger partial charge >= 0.3 is 5.97 Å². The Bertz CT molecular complexity index is 1180. The maximum atomic E-state index is 13.5. The van der Waals surface area contributed by atoms with E-state index in [0.717, 1.165) is 29.7 Å². The van der Waals surface area contributed by atoms with Gasteiger partial charge in [0.1, 0.15) is 6.10 Å². The fraction of sp³-hybridized carbons (Fsp3) is 0.276. The maximum absolute atomic E-state index is 13.5. The highest BCUT2D eigenvalue weighted by atomic mass is 16.5. The molecule has 1 unspecified atom stereocenters. The summed E-state index contributed by atoms with van der Waals surface area (Å²) in [5.74, 6) is -0.282. The van der Waals surface area contributed by atoms with Crippen LogP contribution in [-0.4, -0.2) is 36.1 Å². The van der Waals surface area contributed by atoms with Crippen LogP contribution < -0.4 is 0 Å². The SMILES string of the molecule is CN1[C@@H]2CC[C@H]1CC(OC(=O)/C(=C/c1ccccc1)c1cccc(N=Nc3ccccc3)c1)C2. The van der Waals surface area contributed by atoms with Gasteiger partial charge in [0, 0.05) is 24.9 Å². The Morgan fingerprint density at radius 1 is 0.853 bits per heavy atom. The van der Waals surface area contributed by atoms with Crippen molar-refractivity contribution >= 4 is 29.0 Å². The lowest BCUT2D eigenvalue weighted by molar-refractivity contribution is -0.144. The predicted molar refractivity (Wildman–Crippen MR) is 135 cm³/mol. The van der Waals surface area contributed by atoms with E-state index in [1.54, 1.807) is 0 Å². The van der Waals surface area contributed by atoms with Crippen LogP contribution >= 0.6 is 0 Å². The number of hydrogen-bond donors (Lipinski definition) is 0. The molecule has 0 spiro atoms. The molecule has 34 heavy (non-hydrogen) atoms. The summed E-state index contributed by atoms with van der Waals surface area (Å²) in [6.07, 6.45) is 6.05. The van der Waals surface area contributed by atoms with Crippen LogP contribution in [-0.2, 0) is 9.53 Å². The van der Waals surface area contributed by atoms with E-state index in [9.17, 15) is 4.79 Å². The van der Waals surface area contributed by atoms with Crippen LogP contribution in [0.15, 0.2) is 95.2 Å². The first kappa shape index (κ1) is 22.2. The van der Waals surface area contributed by atoms with Crippen molar-refractivity contribution in [2.24, 2.45) is 10.2 Å². The van der Waals surface area contributed by atoms with Gasteiger partial charge < -0.3 is 9.64 Å². The van der Waals surface area contributed by atoms with E-state index in [-0.39, 0.29) is 12.1 Å². The largest absolute Gasteiger partial charge is 0.459 e. The normalized spacial score (nSPS) is 22.7. The summed E-state index contributed by atoms with van der Waals surface area (Å²) in [6.45, 7) is 0. The molecular formula is C29H29N3O2. The average molecular weight is 452 g/mol. The Kier molecular flexibility index (Phi) is 6.63. The van der Waals surface area contributed by atoms with Crippen molar-refractivity contribution in [3.05, 3.63) is 96.1 Å². The van der Waals surface area contributed by atoms with E-state index in [0.29, 0.717) is 23.3 Å². The zero-order valence-electron chi connectivity index (χ0n) is 19.4. The third-order valence-corrected chi connectivity index (χ3v) is 6.85. The first-order valence-corrected chi connectivity index (χ1v) is 11.9. The molecule has 3 aromatic rings. The van der Waals surface area contributed by atoms with Crippen molar-refractivity contribution in [1.82, 2.24) is 4.90 Å². The number of carbonyl (C=O) groups is 1. The summed E-state index contributed by atoms with van der Waals surface area (Å²) in [7, 11) is 2.19. The molecule has 2 bridgehead atoms. The van der Waals surface area contributed by atoms with Gasteiger partial charge in [-0.05, 0) is 61.4 Å². The molecule has 0 saturated carbocycles. The highest BCUT2D eigenvalue weighted by Gasteiger charge is 2.40. The molecule has 5 rings (SSSR count). The van der Waals surface area contributed by atoms with E-state index in [1.165, 1.54) is 12.8 Å². The van der Waals surface area contributed by atoms with E-state index < -0.39 is 0 Å². The van der Waals surface area contributed by atoms with E-state index in [1.807, 2.05) is 91.0 Å². The van der Waals surface area contributed by atoms with Crippen LogP contribution in [0, 0.1) is 0 Å². The van der Waals surface area contributed by atoms with Crippen LogP contribution in [0.25, 0.3) is 11.6 Å². The molecule has 2 saturated heterocycles. The molecule has 0 amide bonds. The molecule has 3 aromatic carbocycles. The molecule has 0 aliphatic carbocycles. The van der Waals surface area contributed by atoms with Crippen LogP contribution in [0.2, 0.25) is 0 Å². The Morgan fingerprint density at radius 3 is 2.18 bits per heavy atom. The number of nitrogens with zero attached hydrogens (tertiary/aromatic N) is 3. The Hall–Kier alpha value is -3.57. The molecular weight excluding hydrogens is 422 g/mol. The zero-order valence-corrected chi connectivity index (χ0v) is 19.4. The molecule has 172 valence electrons. The second kappa shape index (κ2) is 10.1. The van der Waals surface area contributed by atoms with Crippen LogP contribution in [0.4, 0.5) is 11.4 Å². The second-order valence-corrected chi connectivity index (χ2v) is 9.10. The van der Waals surface area contributed by atoms with Crippen molar-refractivity contribution in [2.45, 2.75) is 43.9 Å². The minimum absolute atomic E-state index is 0.0404. The number of carbonyl (C=O) groups excluding carboxylic acids is 1. The quantitative estimate of drug-likeness (QED) is 0.179. The fourth-order valence-corrected chi connectivity index (χ4v) is 4.99. The number of ether oxygens (including phenoxy) is 1. The number of benzene rings is 3. The molecule has 2 aliphatic heterocycles. The lowest BCUT2D eigenvalue weighted by atomic mass is 9.99. The fourth-order valence-electron chi connectivity index (χ4n) is 4.99.